The maximum absolute atomic E-state index is 6.37. The molecule has 0 fully saturated rings. The summed E-state index contributed by atoms with van der Waals surface area (Å²) in [5.74, 6) is 1.23. The van der Waals surface area contributed by atoms with Crippen LogP contribution in [0.2, 0.25) is 0 Å². The number of rotatable bonds is 2. The van der Waals surface area contributed by atoms with Gasteiger partial charge in [0.25, 0.3) is 0 Å². The van der Waals surface area contributed by atoms with E-state index in [9.17, 15) is 0 Å². The molecule has 0 unspecified atom stereocenters. The number of hydrogen-bond acceptors (Lipinski definition) is 2. The molecule has 0 amide bonds. The fourth-order valence-electron chi connectivity index (χ4n) is 3.04. The van der Waals surface area contributed by atoms with Gasteiger partial charge in [-0.2, -0.15) is 0 Å². The second-order valence-corrected chi connectivity index (χ2v) is 5.16. The van der Waals surface area contributed by atoms with Gasteiger partial charge in [0.1, 0.15) is 5.75 Å². The second kappa shape index (κ2) is 5.06. The summed E-state index contributed by atoms with van der Waals surface area (Å²) in [5, 5.41) is 0. The summed E-state index contributed by atoms with van der Waals surface area (Å²) >= 11 is 0. The van der Waals surface area contributed by atoms with Crippen LogP contribution in [0.15, 0.2) is 48.5 Å². The maximum Gasteiger partial charge on any atom is 0.119 e. The Morgan fingerprint density at radius 3 is 2.63 bits per heavy atom. The molecule has 0 aromatic heterocycles. The molecule has 2 N–H and O–H groups in total. The van der Waals surface area contributed by atoms with Crippen molar-refractivity contribution in [2.24, 2.45) is 5.73 Å². The highest BCUT2D eigenvalue weighted by Crippen LogP contribution is 2.37. The smallest absolute Gasteiger partial charge is 0.119 e. The monoisotopic (exact) mass is 253 g/mol. The first-order valence-electron chi connectivity index (χ1n) is 6.77. The van der Waals surface area contributed by atoms with Gasteiger partial charge >= 0.3 is 0 Å². The van der Waals surface area contributed by atoms with Gasteiger partial charge in [-0.25, -0.2) is 0 Å². The van der Waals surface area contributed by atoms with Crippen LogP contribution >= 0.6 is 0 Å². The van der Waals surface area contributed by atoms with Crippen molar-refractivity contribution in [3.8, 4) is 5.75 Å². The van der Waals surface area contributed by atoms with Crippen LogP contribution in [0, 0.1) is 0 Å². The van der Waals surface area contributed by atoms with Gasteiger partial charge in [-0.05, 0) is 41.7 Å². The summed E-state index contributed by atoms with van der Waals surface area (Å²) in [6, 6.07) is 17.1. The molecule has 0 heterocycles. The lowest BCUT2D eigenvalue weighted by Gasteiger charge is -2.32. The number of methoxy groups -OCH3 is 1. The number of hydrogen-bond donors (Lipinski definition) is 1. The van der Waals surface area contributed by atoms with E-state index in [4.69, 9.17) is 10.5 Å². The van der Waals surface area contributed by atoms with E-state index in [0.717, 1.165) is 18.6 Å². The molecule has 2 aromatic carbocycles. The Bertz CT molecular complexity index is 565. The summed E-state index contributed by atoms with van der Waals surface area (Å²) in [6.07, 6.45) is 2.07. The number of benzene rings is 2. The van der Waals surface area contributed by atoms with Crippen molar-refractivity contribution < 1.29 is 4.74 Å². The lowest BCUT2D eigenvalue weighted by molar-refractivity contribution is 0.412. The van der Waals surface area contributed by atoms with E-state index in [-0.39, 0.29) is 6.04 Å². The first kappa shape index (κ1) is 12.2. The van der Waals surface area contributed by atoms with Crippen molar-refractivity contribution in [1.29, 1.82) is 0 Å². The van der Waals surface area contributed by atoms with Crippen molar-refractivity contribution in [2.75, 3.05) is 7.11 Å². The molecular weight excluding hydrogens is 234 g/mol. The normalized spacial score (nSPS) is 21.8. The van der Waals surface area contributed by atoms with E-state index in [0.29, 0.717) is 5.92 Å². The first-order valence-corrected chi connectivity index (χ1v) is 6.77. The van der Waals surface area contributed by atoms with Crippen molar-refractivity contribution in [1.82, 2.24) is 0 Å². The largest absolute Gasteiger partial charge is 0.497 e. The van der Waals surface area contributed by atoms with E-state index < -0.39 is 0 Å². The Morgan fingerprint density at radius 1 is 1.11 bits per heavy atom. The van der Waals surface area contributed by atoms with Crippen LogP contribution in [-0.2, 0) is 6.42 Å². The van der Waals surface area contributed by atoms with Gasteiger partial charge < -0.3 is 10.5 Å². The molecule has 0 saturated carbocycles. The van der Waals surface area contributed by atoms with Crippen molar-refractivity contribution in [3.05, 3.63) is 65.2 Å². The van der Waals surface area contributed by atoms with Crippen molar-refractivity contribution >= 4 is 0 Å². The van der Waals surface area contributed by atoms with Crippen molar-refractivity contribution in [3.63, 3.8) is 0 Å². The maximum atomic E-state index is 6.37. The number of nitrogens with two attached hydrogens (primary N) is 1. The van der Waals surface area contributed by atoms with Crippen LogP contribution in [0.3, 0.4) is 0 Å². The van der Waals surface area contributed by atoms with Crippen LogP contribution in [0.4, 0.5) is 0 Å². The molecular formula is C17H19NO. The molecule has 19 heavy (non-hydrogen) atoms. The first-order chi connectivity index (χ1) is 9.29. The van der Waals surface area contributed by atoms with Gasteiger partial charge in [0.05, 0.1) is 7.11 Å². The van der Waals surface area contributed by atoms with E-state index >= 15 is 0 Å². The summed E-state index contributed by atoms with van der Waals surface area (Å²) in [4.78, 5) is 0. The molecule has 98 valence electrons. The highest BCUT2D eigenvalue weighted by molar-refractivity contribution is 5.45. The Kier molecular flexibility index (Phi) is 3.26. The summed E-state index contributed by atoms with van der Waals surface area (Å²) < 4.78 is 5.32. The minimum Gasteiger partial charge on any atom is -0.497 e. The molecule has 1 aliphatic carbocycles. The number of aryl methyl sites for hydroxylation is 1. The van der Waals surface area contributed by atoms with Crippen LogP contribution < -0.4 is 10.5 Å². The minimum atomic E-state index is 0.197. The molecule has 0 bridgehead atoms. The molecule has 0 spiro atoms. The average molecular weight is 253 g/mol. The van der Waals surface area contributed by atoms with E-state index in [1.54, 1.807) is 7.11 Å². The molecule has 0 radical (unpaired) electrons. The lowest BCUT2D eigenvalue weighted by Crippen LogP contribution is -2.33. The highest BCUT2D eigenvalue weighted by atomic mass is 16.5. The molecule has 2 heteroatoms. The molecule has 2 aromatic rings. The zero-order valence-corrected chi connectivity index (χ0v) is 11.2. The number of ether oxygens (including phenoxy) is 1. The highest BCUT2D eigenvalue weighted by Gasteiger charge is 2.28. The molecule has 1 aliphatic rings. The van der Waals surface area contributed by atoms with Crippen LogP contribution in [0.5, 0.6) is 5.75 Å². The third kappa shape index (κ3) is 2.24. The van der Waals surface area contributed by atoms with E-state index in [1.807, 2.05) is 12.1 Å². The Labute approximate surface area is 114 Å². The third-order valence-corrected chi connectivity index (χ3v) is 4.02. The van der Waals surface area contributed by atoms with Gasteiger partial charge in [-0.1, -0.05) is 36.4 Å². The molecule has 0 saturated heterocycles. The Morgan fingerprint density at radius 2 is 1.89 bits per heavy atom. The molecule has 0 aliphatic heterocycles. The standard InChI is InChI=1S/C17H19NO/c1-19-14-8-9-15-13(11-14)7-10-16(18)17(15)12-5-3-2-4-6-12/h2-6,8-9,11,16-17H,7,10,18H2,1H3/t16-,17+/m0/s1. The fourth-order valence-corrected chi connectivity index (χ4v) is 3.04. The molecule has 2 atom stereocenters. The SMILES string of the molecule is COc1ccc2c(c1)CC[C@H](N)[C@@H]2c1ccccc1. The zero-order chi connectivity index (χ0) is 13.2. The predicted octanol–water partition coefficient (Wildman–Crippen LogP) is 3.10. The molecule has 2 nitrogen and oxygen atoms in total. The van der Waals surface area contributed by atoms with Crippen LogP contribution in [0.25, 0.3) is 0 Å². The predicted molar refractivity (Wildman–Crippen MR) is 77.6 cm³/mol. The topological polar surface area (TPSA) is 35.2 Å². The quantitative estimate of drug-likeness (QED) is 0.892. The van der Waals surface area contributed by atoms with Crippen LogP contribution in [0.1, 0.15) is 29.0 Å². The molecule has 3 rings (SSSR count). The van der Waals surface area contributed by atoms with Crippen LogP contribution in [-0.4, -0.2) is 13.2 Å². The van der Waals surface area contributed by atoms with Gasteiger partial charge in [0.15, 0.2) is 0 Å². The van der Waals surface area contributed by atoms with Gasteiger partial charge in [0.2, 0.25) is 0 Å². The lowest BCUT2D eigenvalue weighted by atomic mass is 9.76. The van der Waals surface area contributed by atoms with Gasteiger partial charge in [-0.15, -0.1) is 0 Å². The van der Waals surface area contributed by atoms with Gasteiger partial charge in [-0.3, -0.25) is 0 Å². The second-order valence-electron chi connectivity index (χ2n) is 5.16. The average Bonchev–Trinajstić information content (AvgIpc) is 2.47. The summed E-state index contributed by atoms with van der Waals surface area (Å²) in [6.45, 7) is 0. The minimum absolute atomic E-state index is 0.197. The third-order valence-electron chi connectivity index (χ3n) is 4.02. The van der Waals surface area contributed by atoms with Gasteiger partial charge in [0, 0.05) is 12.0 Å². The van der Waals surface area contributed by atoms with E-state index in [2.05, 4.69) is 36.4 Å². The summed E-state index contributed by atoms with van der Waals surface area (Å²) in [7, 11) is 1.71. The Balaban J connectivity index is 2.07. The van der Waals surface area contributed by atoms with Crippen molar-refractivity contribution in [2.45, 2.75) is 24.8 Å². The Hall–Kier alpha value is -1.80. The fraction of sp³-hybridized carbons (Fsp3) is 0.294. The zero-order valence-electron chi connectivity index (χ0n) is 11.2. The van der Waals surface area contributed by atoms with E-state index in [1.165, 1.54) is 16.7 Å². The summed E-state index contributed by atoms with van der Waals surface area (Å²) in [5.41, 5.74) is 10.4. The number of fused-ring (bicyclic) bond motifs is 1.